The summed E-state index contributed by atoms with van der Waals surface area (Å²) in [5.74, 6) is -0.697. The van der Waals surface area contributed by atoms with E-state index in [0.717, 1.165) is 12.0 Å². The lowest BCUT2D eigenvalue weighted by Gasteiger charge is -2.26. The van der Waals surface area contributed by atoms with Gasteiger partial charge in [0.15, 0.2) is 5.75 Å². The van der Waals surface area contributed by atoms with Crippen molar-refractivity contribution < 1.29 is 18.3 Å². The van der Waals surface area contributed by atoms with Gasteiger partial charge in [-0.05, 0) is 54.8 Å². The average molecular weight is 500 g/mol. The summed E-state index contributed by atoms with van der Waals surface area (Å²) in [6.07, 6.45) is 2.18. The van der Waals surface area contributed by atoms with Gasteiger partial charge in [0.25, 0.3) is 0 Å². The normalized spacial score (nSPS) is 14.4. The largest absolute Gasteiger partial charge is 0.496 e. The number of nitrogens with zero attached hydrogens (tertiary/aromatic N) is 2. The minimum atomic E-state index is -0.844. The summed E-state index contributed by atoms with van der Waals surface area (Å²) < 4.78 is 30.9. The molecule has 3 heterocycles. The quantitative estimate of drug-likeness (QED) is 0.282. The van der Waals surface area contributed by atoms with E-state index < -0.39 is 17.5 Å². The third-order valence-corrected chi connectivity index (χ3v) is 6.42. The van der Waals surface area contributed by atoms with Crippen molar-refractivity contribution in [3.63, 3.8) is 0 Å². The number of ether oxygens (including phenoxy) is 2. The van der Waals surface area contributed by atoms with Crippen LogP contribution in [0.15, 0.2) is 69.3 Å². The molecule has 8 heteroatoms. The number of fused-ring (bicyclic) bond motifs is 3. The molecule has 0 saturated heterocycles. The highest BCUT2D eigenvalue weighted by molar-refractivity contribution is 5.87. The van der Waals surface area contributed by atoms with E-state index in [-0.39, 0.29) is 30.2 Å². The lowest BCUT2D eigenvalue weighted by molar-refractivity contribution is 0.388. The lowest BCUT2D eigenvalue weighted by Crippen LogP contribution is -2.26. The number of nitriles is 1. The van der Waals surface area contributed by atoms with E-state index in [2.05, 4.69) is 11.1 Å². The molecule has 0 fully saturated rings. The van der Waals surface area contributed by atoms with Crippen molar-refractivity contribution in [2.45, 2.75) is 33.6 Å². The molecule has 2 aromatic carbocycles. The third kappa shape index (κ3) is 4.19. The van der Waals surface area contributed by atoms with Crippen molar-refractivity contribution in [2.75, 3.05) is 7.11 Å². The molecule has 1 aliphatic heterocycles. The number of hydrogen-bond donors (Lipinski definition) is 1. The number of aromatic nitrogens is 1. The van der Waals surface area contributed by atoms with Crippen LogP contribution in [0, 0.1) is 24.2 Å². The molecule has 188 valence electrons. The SMILES string of the molecule is C.CCc1ccc2oc(=O)c3c(c2c1)OC(N)=C(C#N)C3c1ccc(OC)c(-c2cnc(F)c(C)c2)c1. The second-order valence-corrected chi connectivity index (χ2v) is 8.53. The average Bonchev–Trinajstić information content (AvgIpc) is 2.89. The van der Waals surface area contributed by atoms with Crippen molar-refractivity contribution in [3.05, 3.63) is 98.7 Å². The van der Waals surface area contributed by atoms with E-state index in [4.69, 9.17) is 19.6 Å². The molecule has 7 nitrogen and oxygen atoms in total. The van der Waals surface area contributed by atoms with Crippen molar-refractivity contribution in [2.24, 2.45) is 5.73 Å². The van der Waals surface area contributed by atoms with Crippen LogP contribution < -0.4 is 20.8 Å². The first-order valence-corrected chi connectivity index (χ1v) is 11.3. The van der Waals surface area contributed by atoms with Crippen LogP contribution in [-0.2, 0) is 6.42 Å². The fraction of sp³-hybridized carbons (Fsp3) is 0.207. The van der Waals surface area contributed by atoms with Gasteiger partial charge in [-0.15, -0.1) is 0 Å². The van der Waals surface area contributed by atoms with Gasteiger partial charge in [0, 0.05) is 22.9 Å². The van der Waals surface area contributed by atoms with Gasteiger partial charge in [-0.1, -0.05) is 26.5 Å². The predicted octanol–water partition coefficient (Wildman–Crippen LogP) is 5.73. The topological polar surface area (TPSA) is 111 Å². The summed E-state index contributed by atoms with van der Waals surface area (Å²) >= 11 is 0. The standard InChI is InChI=1S/C28H22FN3O4.CH4/c1-4-15-5-7-22-19(10-15)25-24(28(33)35-22)23(20(12-30)27(31)36-25)16-6-8-21(34-3)18(11-16)17-9-14(2)26(29)32-13-17;/h5-11,13,23H,4,31H2,1-3H3;1H4. The van der Waals surface area contributed by atoms with E-state index >= 15 is 0 Å². The van der Waals surface area contributed by atoms with Gasteiger partial charge in [-0.25, -0.2) is 9.78 Å². The summed E-state index contributed by atoms with van der Waals surface area (Å²) in [7, 11) is 1.52. The van der Waals surface area contributed by atoms with Crippen LogP contribution in [-0.4, -0.2) is 12.1 Å². The van der Waals surface area contributed by atoms with E-state index in [1.165, 1.54) is 13.3 Å². The number of halogens is 1. The van der Waals surface area contributed by atoms with Crippen molar-refractivity contribution in [1.82, 2.24) is 4.98 Å². The number of methoxy groups -OCH3 is 1. The maximum absolute atomic E-state index is 13.8. The van der Waals surface area contributed by atoms with Crippen LogP contribution in [0.4, 0.5) is 4.39 Å². The summed E-state index contributed by atoms with van der Waals surface area (Å²) in [6.45, 7) is 3.64. The van der Waals surface area contributed by atoms with Crippen LogP contribution >= 0.6 is 0 Å². The van der Waals surface area contributed by atoms with Crippen LogP contribution in [0.5, 0.6) is 11.5 Å². The van der Waals surface area contributed by atoms with Crippen molar-refractivity contribution in [1.29, 1.82) is 5.26 Å². The Kier molecular flexibility index (Phi) is 6.73. The number of rotatable bonds is 4. The van der Waals surface area contributed by atoms with Gasteiger partial charge in [0.05, 0.1) is 24.0 Å². The summed E-state index contributed by atoms with van der Waals surface area (Å²) in [4.78, 5) is 17.1. The number of allylic oxidation sites excluding steroid dienone is 1. The van der Waals surface area contributed by atoms with E-state index in [1.807, 2.05) is 19.1 Å². The molecule has 0 aliphatic carbocycles. The molecule has 5 rings (SSSR count). The zero-order valence-corrected chi connectivity index (χ0v) is 19.9. The predicted molar refractivity (Wildman–Crippen MR) is 139 cm³/mol. The summed E-state index contributed by atoms with van der Waals surface area (Å²) in [6, 6.07) is 14.5. The first-order chi connectivity index (χ1) is 17.4. The Balaban J connectivity index is 0.00000320. The van der Waals surface area contributed by atoms with Gasteiger partial charge < -0.3 is 19.6 Å². The zero-order chi connectivity index (χ0) is 25.6. The van der Waals surface area contributed by atoms with E-state index in [0.29, 0.717) is 39.0 Å². The van der Waals surface area contributed by atoms with Crippen LogP contribution in [0.3, 0.4) is 0 Å². The molecule has 1 aliphatic rings. The summed E-state index contributed by atoms with van der Waals surface area (Å²) in [5, 5.41) is 10.6. The highest BCUT2D eigenvalue weighted by atomic mass is 19.1. The first-order valence-electron chi connectivity index (χ1n) is 11.3. The molecule has 1 atom stereocenters. The fourth-order valence-electron chi connectivity index (χ4n) is 4.56. The monoisotopic (exact) mass is 499 g/mol. The second kappa shape index (κ2) is 9.78. The number of aryl methyl sites for hydroxylation is 2. The highest BCUT2D eigenvalue weighted by Gasteiger charge is 2.36. The Bertz CT molecular complexity index is 1670. The molecule has 0 spiro atoms. The number of nitrogens with two attached hydrogens (primary N) is 1. The number of benzene rings is 2. The van der Waals surface area contributed by atoms with Crippen LogP contribution in [0.25, 0.3) is 22.1 Å². The van der Waals surface area contributed by atoms with Gasteiger partial charge in [-0.2, -0.15) is 9.65 Å². The van der Waals surface area contributed by atoms with E-state index in [1.54, 1.807) is 37.3 Å². The minimum absolute atomic E-state index is 0. The molecule has 0 amide bonds. The maximum Gasteiger partial charge on any atom is 0.344 e. The Labute approximate surface area is 213 Å². The molecule has 0 bridgehead atoms. The number of pyridine rings is 1. The van der Waals surface area contributed by atoms with E-state index in [9.17, 15) is 14.4 Å². The molecular formula is C29H26FN3O4. The molecule has 2 aromatic heterocycles. The van der Waals surface area contributed by atoms with Gasteiger partial charge >= 0.3 is 5.63 Å². The van der Waals surface area contributed by atoms with Crippen LogP contribution in [0.2, 0.25) is 0 Å². The minimum Gasteiger partial charge on any atom is -0.496 e. The summed E-state index contributed by atoms with van der Waals surface area (Å²) in [5.41, 5.74) is 9.46. The molecule has 2 N–H and O–H groups in total. The maximum atomic E-state index is 13.8. The molecule has 37 heavy (non-hydrogen) atoms. The molecule has 1 unspecified atom stereocenters. The molecule has 4 aromatic rings. The van der Waals surface area contributed by atoms with Crippen molar-refractivity contribution >= 4 is 11.0 Å². The molecule has 0 saturated carbocycles. The highest BCUT2D eigenvalue weighted by Crippen LogP contribution is 2.45. The second-order valence-electron chi connectivity index (χ2n) is 8.53. The Morgan fingerprint density at radius 3 is 2.68 bits per heavy atom. The van der Waals surface area contributed by atoms with Crippen molar-refractivity contribution in [3.8, 4) is 28.7 Å². The Morgan fingerprint density at radius 1 is 1.22 bits per heavy atom. The molecule has 0 radical (unpaired) electrons. The molecular weight excluding hydrogens is 473 g/mol. The Morgan fingerprint density at radius 2 is 2.00 bits per heavy atom. The number of hydrogen-bond acceptors (Lipinski definition) is 7. The van der Waals surface area contributed by atoms with Crippen LogP contribution in [0.1, 0.15) is 42.5 Å². The van der Waals surface area contributed by atoms with Gasteiger partial charge in [0.2, 0.25) is 11.8 Å². The smallest absolute Gasteiger partial charge is 0.344 e. The lowest BCUT2D eigenvalue weighted by atomic mass is 9.82. The van der Waals surface area contributed by atoms with Gasteiger partial charge in [0.1, 0.15) is 23.0 Å². The van der Waals surface area contributed by atoms with Gasteiger partial charge in [-0.3, -0.25) is 0 Å². The zero-order valence-electron chi connectivity index (χ0n) is 19.9. The fourth-order valence-corrected chi connectivity index (χ4v) is 4.56. The Hall–Kier alpha value is -4.64. The first kappa shape index (κ1) is 25.5. The third-order valence-electron chi connectivity index (χ3n) is 6.42.